The molecule has 0 aliphatic carbocycles. The maximum Gasteiger partial charge on any atom is 0.305 e. The molecule has 0 fully saturated rings. The second-order valence-electron chi connectivity index (χ2n) is 4.32. The molecule has 4 nitrogen and oxygen atoms in total. The Kier molecular flexibility index (Phi) is 3.93. The molecule has 0 unspecified atom stereocenters. The fourth-order valence-corrected chi connectivity index (χ4v) is 1.86. The van der Waals surface area contributed by atoms with Crippen molar-refractivity contribution < 1.29 is 13.7 Å². The van der Waals surface area contributed by atoms with Gasteiger partial charge in [0.15, 0.2) is 0 Å². The number of benzene rings is 2. The Morgan fingerprint density at radius 1 is 1.25 bits per heavy atom. The molecule has 20 heavy (non-hydrogen) atoms. The van der Waals surface area contributed by atoms with Crippen molar-refractivity contribution in [3.05, 3.63) is 69.3 Å². The number of anilines is 1. The van der Waals surface area contributed by atoms with Gasteiger partial charge in [-0.05, 0) is 30.7 Å². The van der Waals surface area contributed by atoms with Gasteiger partial charge in [0, 0.05) is 23.9 Å². The average Bonchev–Trinajstić information content (AvgIpc) is 2.39. The molecule has 0 saturated carbocycles. The number of aryl methyl sites for hydroxylation is 1. The zero-order chi connectivity index (χ0) is 14.7. The lowest BCUT2D eigenvalue weighted by Crippen LogP contribution is -2.05. The second-order valence-corrected chi connectivity index (χ2v) is 4.32. The minimum atomic E-state index is -0.857. The smallest absolute Gasteiger partial charge is 0.305 e. The number of hydrogen-bond donors (Lipinski definition) is 1. The van der Waals surface area contributed by atoms with Gasteiger partial charge in [-0.1, -0.05) is 12.1 Å². The first-order chi connectivity index (χ1) is 9.49. The van der Waals surface area contributed by atoms with E-state index in [2.05, 4.69) is 5.32 Å². The van der Waals surface area contributed by atoms with Crippen LogP contribution >= 0.6 is 0 Å². The fraction of sp³-hybridized carbons (Fsp3) is 0.143. The Labute approximate surface area is 114 Å². The van der Waals surface area contributed by atoms with Crippen molar-refractivity contribution in [3.8, 4) is 0 Å². The number of nitro groups is 1. The van der Waals surface area contributed by atoms with Crippen LogP contribution in [0, 0.1) is 28.7 Å². The van der Waals surface area contributed by atoms with Crippen LogP contribution in [0.1, 0.15) is 11.1 Å². The highest BCUT2D eigenvalue weighted by Gasteiger charge is 2.16. The van der Waals surface area contributed by atoms with Crippen molar-refractivity contribution in [2.75, 3.05) is 5.32 Å². The van der Waals surface area contributed by atoms with E-state index < -0.39 is 16.4 Å². The van der Waals surface area contributed by atoms with Crippen molar-refractivity contribution in [3.63, 3.8) is 0 Å². The lowest BCUT2D eigenvalue weighted by molar-refractivity contribution is -0.387. The highest BCUT2D eigenvalue weighted by molar-refractivity contribution is 5.51. The van der Waals surface area contributed by atoms with Crippen LogP contribution in [0.2, 0.25) is 0 Å². The van der Waals surface area contributed by atoms with Crippen molar-refractivity contribution in [1.82, 2.24) is 0 Å². The van der Waals surface area contributed by atoms with E-state index in [1.165, 1.54) is 24.3 Å². The average molecular weight is 278 g/mol. The molecule has 1 N–H and O–H groups in total. The van der Waals surface area contributed by atoms with E-state index in [1.807, 2.05) is 0 Å². The minimum Gasteiger partial charge on any atom is -0.381 e. The van der Waals surface area contributed by atoms with Gasteiger partial charge in [-0.25, -0.2) is 4.39 Å². The Bertz CT molecular complexity index is 660. The van der Waals surface area contributed by atoms with Gasteiger partial charge in [0.1, 0.15) is 5.82 Å². The van der Waals surface area contributed by atoms with Gasteiger partial charge in [-0.3, -0.25) is 10.1 Å². The van der Waals surface area contributed by atoms with Crippen molar-refractivity contribution in [2.45, 2.75) is 13.5 Å². The summed E-state index contributed by atoms with van der Waals surface area (Å²) < 4.78 is 26.8. The van der Waals surface area contributed by atoms with Crippen molar-refractivity contribution in [2.24, 2.45) is 0 Å². The number of nitrogens with zero attached hydrogens (tertiary/aromatic N) is 1. The lowest BCUT2D eigenvalue weighted by atomic mass is 10.1. The Hall–Kier alpha value is -2.50. The molecule has 0 spiro atoms. The van der Waals surface area contributed by atoms with E-state index in [-0.39, 0.29) is 17.9 Å². The minimum absolute atomic E-state index is 0.0833. The largest absolute Gasteiger partial charge is 0.381 e. The SMILES string of the molecule is Cc1cc(F)ccc1NCc1cccc([N+](=O)[O-])c1F. The van der Waals surface area contributed by atoms with Crippen LogP contribution in [0.5, 0.6) is 0 Å². The van der Waals surface area contributed by atoms with Crippen molar-refractivity contribution in [1.29, 1.82) is 0 Å². The Balaban J connectivity index is 2.19. The lowest BCUT2D eigenvalue weighted by Gasteiger charge is -2.10. The summed E-state index contributed by atoms with van der Waals surface area (Å²) in [5.41, 5.74) is 0.955. The first-order valence-corrected chi connectivity index (χ1v) is 5.91. The third-order valence-corrected chi connectivity index (χ3v) is 2.91. The molecule has 0 heterocycles. The number of nitrogens with one attached hydrogen (secondary N) is 1. The highest BCUT2D eigenvalue weighted by atomic mass is 19.1. The number of halogens is 2. The summed E-state index contributed by atoms with van der Waals surface area (Å²) in [7, 11) is 0. The topological polar surface area (TPSA) is 55.2 Å². The molecule has 2 rings (SSSR count). The van der Waals surface area contributed by atoms with Gasteiger partial charge >= 0.3 is 5.69 Å². The summed E-state index contributed by atoms with van der Waals surface area (Å²) in [6.07, 6.45) is 0. The number of hydrogen-bond acceptors (Lipinski definition) is 3. The van der Waals surface area contributed by atoms with Crippen LogP contribution < -0.4 is 5.32 Å². The van der Waals surface area contributed by atoms with E-state index in [0.29, 0.717) is 11.3 Å². The molecule has 0 aliphatic heterocycles. The summed E-state index contributed by atoms with van der Waals surface area (Å²) in [4.78, 5) is 9.88. The van der Waals surface area contributed by atoms with Crippen LogP contribution in [0.4, 0.5) is 20.2 Å². The highest BCUT2D eigenvalue weighted by Crippen LogP contribution is 2.22. The molecule has 2 aromatic carbocycles. The summed E-state index contributed by atoms with van der Waals surface area (Å²) in [6, 6.07) is 8.19. The molecule has 0 saturated heterocycles. The van der Waals surface area contributed by atoms with Gasteiger partial charge in [-0.15, -0.1) is 0 Å². The molecule has 0 amide bonds. The van der Waals surface area contributed by atoms with Gasteiger partial charge in [0.05, 0.1) is 4.92 Å². The van der Waals surface area contributed by atoms with E-state index in [0.717, 1.165) is 6.07 Å². The number of rotatable bonds is 4. The van der Waals surface area contributed by atoms with E-state index in [4.69, 9.17) is 0 Å². The number of nitro benzene ring substituents is 1. The summed E-state index contributed by atoms with van der Waals surface area (Å²) in [5, 5.41) is 13.6. The molecule has 6 heteroatoms. The third kappa shape index (κ3) is 2.90. The van der Waals surface area contributed by atoms with E-state index in [9.17, 15) is 18.9 Å². The molecular weight excluding hydrogens is 266 g/mol. The maximum absolute atomic E-state index is 13.8. The predicted molar refractivity (Wildman–Crippen MR) is 71.5 cm³/mol. The van der Waals surface area contributed by atoms with Crippen LogP contribution in [-0.2, 0) is 6.54 Å². The Morgan fingerprint density at radius 2 is 2.00 bits per heavy atom. The standard InChI is InChI=1S/C14H12F2N2O2/c1-9-7-11(15)5-6-12(9)17-8-10-3-2-4-13(14(10)16)18(19)20/h2-7,17H,8H2,1H3. The monoisotopic (exact) mass is 278 g/mol. The quantitative estimate of drug-likeness (QED) is 0.683. The molecule has 0 aliphatic rings. The van der Waals surface area contributed by atoms with Crippen LogP contribution in [-0.4, -0.2) is 4.92 Å². The van der Waals surface area contributed by atoms with Crippen LogP contribution in [0.3, 0.4) is 0 Å². The van der Waals surface area contributed by atoms with Crippen molar-refractivity contribution >= 4 is 11.4 Å². The maximum atomic E-state index is 13.8. The second kappa shape index (κ2) is 5.64. The molecule has 104 valence electrons. The summed E-state index contributed by atoms with van der Waals surface area (Å²) in [6.45, 7) is 1.80. The first-order valence-electron chi connectivity index (χ1n) is 5.91. The summed E-state index contributed by atoms with van der Waals surface area (Å²) in [5.74, 6) is -1.21. The molecule has 2 aromatic rings. The zero-order valence-corrected chi connectivity index (χ0v) is 10.7. The van der Waals surface area contributed by atoms with Gasteiger partial charge in [-0.2, -0.15) is 4.39 Å². The first kappa shape index (κ1) is 13.9. The predicted octanol–water partition coefficient (Wildman–Crippen LogP) is 3.79. The van der Waals surface area contributed by atoms with E-state index >= 15 is 0 Å². The van der Waals surface area contributed by atoms with Gasteiger partial charge in [0.25, 0.3) is 0 Å². The normalized spacial score (nSPS) is 10.3. The van der Waals surface area contributed by atoms with Crippen LogP contribution in [0.25, 0.3) is 0 Å². The van der Waals surface area contributed by atoms with Gasteiger partial charge < -0.3 is 5.32 Å². The van der Waals surface area contributed by atoms with Crippen LogP contribution in [0.15, 0.2) is 36.4 Å². The fourth-order valence-electron chi connectivity index (χ4n) is 1.86. The van der Waals surface area contributed by atoms with E-state index in [1.54, 1.807) is 13.0 Å². The molecule has 0 radical (unpaired) electrons. The zero-order valence-electron chi connectivity index (χ0n) is 10.7. The summed E-state index contributed by atoms with van der Waals surface area (Å²) >= 11 is 0. The molecule has 0 bridgehead atoms. The van der Waals surface area contributed by atoms with Gasteiger partial charge in [0.2, 0.25) is 5.82 Å². The third-order valence-electron chi connectivity index (χ3n) is 2.91. The molecule has 0 aromatic heterocycles. The molecular formula is C14H12F2N2O2. The Morgan fingerprint density at radius 3 is 2.65 bits per heavy atom. The molecule has 0 atom stereocenters.